The van der Waals surface area contributed by atoms with Gasteiger partial charge >= 0.3 is 0 Å². The molecule has 0 saturated carbocycles. The van der Waals surface area contributed by atoms with E-state index in [0.29, 0.717) is 12.0 Å². The first-order chi connectivity index (χ1) is 9.04. The van der Waals surface area contributed by atoms with Gasteiger partial charge in [-0.15, -0.1) is 0 Å². The molecular formula is C18H23N. The molecule has 2 aliphatic heterocycles. The van der Waals surface area contributed by atoms with Crippen LogP contribution in [0.2, 0.25) is 0 Å². The van der Waals surface area contributed by atoms with Crippen molar-refractivity contribution < 1.29 is 0 Å². The third-order valence-corrected chi connectivity index (χ3v) is 5.04. The Morgan fingerprint density at radius 1 is 1.26 bits per heavy atom. The summed E-state index contributed by atoms with van der Waals surface area (Å²) in [4.78, 5) is 2.56. The maximum Gasteiger partial charge on any atom is 0.0735 e. The summed E-state index contributed by atoms with van der Waals surface area (Å²) in [6.07, 6.45) is 10.1. The first-order valence-corrected chi connectivity index (χ1v) is 7.26. The molecule has 19 heavy (non-hydrogen) atoms. The number of nitrogens with zero attached hydrogens (tertiary/aromatic N) is 1. The molecule has 1 nitrogen and oxygen atoms in total. The Kier molecular flexibility index (Phi) is 2.81. The first kappa shape index (κ1) is 12.5. The summed E-state index contributed by atoms with van der Waals surface area (Å²) in [6.45, 7) is 9.31. The van der Waals surface area contributed by atoms with E-state index < -0.39 is 0 Å². The molecule has 2 atom stereocenters. The lowest BCUT2D eigenvalue weighted by Crippen LogP contribution is -2.53. The van der Waals surface area contributed by atoms with E-state index in [9.17, 15) is 0 Å². The van der Waals surface area contributed by atoms with Crippen LogP contribution in [-0.4, -0.2) is 10.4 Å². The lowest BCUT2D eigenvalue weighted by molar-refractivity contribution is 0.0693. The summed E-state index contributed by atoms with van der Waals surface area (Å²) in [5.41, 5.74) is 4.66. The van der Waals surface area contributed by atoms with E-state index in [4.69, 9.17) is 0 Å². The van der Waals surface area contributed by atoms with Crippen molar-refractivity contribution in [1.82, 2.24) is 4.90 Å². The molecule has 0 aliphatic carbocycles. The van der Waals surface area contributed by atoms with E-state index in [0.717, 1.165) is 6.42 Å². The third kappa shape index (κ3) is 1.75. The van der Waals surface area contributed by atoms with Crippen LogP contribution in [0.25, 0.3) is 0 Å². The smallest absolute Gasteiger partial charge is 0.0735 e. The second kappa shape index (κ2) is 4.26. The summed E-state index contributed by atoms with van der Waals surface area (Å²) in [5.74, 6) is 0.625. The number of benzene rings is 1. The molecule has 0 aromatic heterocycles. The van der Waals surface area contributed by atoms with Crippen LogP contribution in [0, 0.1) is 12.8 Å². The molecule has 0 spiro atoms. The van der Waals surface area contributed by atoms with Gasteiger partial charge in [-0.2, -0.15) is 0 Å². The summed E-state index contributed by atoms with van der Waals surface area (Å²) < 4.78 is 0. The van der Waals surface area contributed by atoms with Crippen LogP contribution < -0.4 is 0 Å². The van der Waals surface area contributed by atoms with Gasteiger partial charge in [-0.05, 0) is 49.0 Å². The Morgan fingerprint density at radius 3 is 2.79 bits per heavy atom. The van der Waals surface area contributed by atoms with E-state index in [-0.39, 0.29) is 5.54 Å². The van der Waals surface area contributed by atoms with E-state index in [1.54, 1.807) is 0 Å². The van der Waals surface area contributed by atoms with Crippen LogP contribution in [0.4, 0.5) is 0 Å². The predicted molar refractivity (Wildman–Crippen MR) is 81.0 cm³/mol. The molecule has 2 heterocycles. The molecule has 1 heteroatoms. The maximum atomic E-state index is 2.56. The number of hydrogen-bond donors (Lipinski definition) is 0. The normalized spacial score (nSPS) is 28.5. The van der Waals surface area contributed by atoms with Gasteiger partial charge in [0, 0.05) is 11.7 Å². The average molecular weight is 253 g/mol. The highest BCUT2D eigenvalue weighted by Crippen LogP contribution is 2.45. The van der Waals surface area contributed by atoms with Crippen molar-refractivity contribution in [2.75, 3.05) is 0 Å². The van der Waals surface area contributed by atoms with Crippen molar-refractivity contribution in [2.45, 2.75) is 45.7 Å². The second-order valence-corrected chi connectivity index (χ2v) is 6.41. The average Bonchev–Trinajstić information content (AvgIpc) is 2.38. The van der Waals surface area contributed by atoms with Crippen molar-refractivity contribution in [2.24, 2.45) is 5.92 Å². The molecule has 0 bridgehead atoms. The third-order valence-electron chi connectivity index (χ3n) is 5.04. The van der Waals surface area contributed by atoms with Gasteiger partial charge in [-0.3, -0.25) is 0 Å². The van der Waals surface area contributed by atoms with Crippen molar-refractivity contribution in [3.63, 3.8) is 0 Å². The molecule has 0 amide bonds. The highest BCUT2D eigenvalue weighted by Gasteiger charge is 2.42. The van der Waals surface area contributed by atoms with Gasteiger partial charge in [0.2, 0.25) is 0 Å². The Hall–Kier alpha value is -1.50. The SMILES string of the molecule is Cc1cccc2c1C1C=CC=CN1C(C)(C(C)C)C2. The number of hydrogen-bond acceptors (Lipinski definition) is 1. The molecule has 0 saturated heterocycles. The van der Waals surface area contributed by atoms with Gasteiger partial charge < -0.3 is 4.90 Å². The lowest BCUT2D eigenvalue weighted by atomic mass is 9.73. The molecular weight excluding hydrogens is 230 g/mol. The van der Waals surface area contributed by atoms with Crippen LogP contribution in [0.3, 0.4) is 0 Å². The van der Waals surface area contributed by atoms with Gasteiger partial charge in [0.05, 0.1) is 6.04 Å². The largest absolute Gasteiger partial charge is 0.361 e. The van der Waals surface area contributed by atoms with Gasteiger partial charge in [-0.1, -0.05) is 44.2 Å². The topological polar surface area (TPSA) is 3.24 Å². The molecule has 100 valence electrons. The zero-order valence-corrected chi connectivity index (χ0v) is 12.4. The highest BCUT2D eigenvalue weighted by molar-refractivity contribution is 5.44. The maximum absolute atomic E-state index is 2.56. The molecule has 0 N–H and O–H groups in total. The van der Waals surface area contributed by atoms with Crippen molar-refractivity contribution >= 4 is 0 Å². The number of allylic oxidation sites excluding steroid dienone is 2. The van der Waals surface area contributed by atoms with E-state index in [1.807, 2.05) is 0 Å². The van der Waals surface area contributed by atoms with Crippen molar-refractivity contribution in [3.05, 3.63) is 59.3 Å². The van der Waals surface area contributed by atoms with Gasteiger partial charge in [0.25, 0.3) is 0 Å². The van der Waals surface area contributed by atoms with Crippen molar-refractivity contribution in [3.8, 4) is 0 Å². The Bertz CT molecular complexity index is 553. The fourth-order valence-electron chi connectivity index (χ4n) is 3.52. The van der Waals surface area contributed by atoms with E-state index in [2.05, 4.69) is 75.2 Å². The minimum absolute atomic E-state index is 0.201. The van der Waals surface area contributed by atoms with Gasteiger partial charge in [-0.25, -0.2) is 0 Å². The van der Waals surface area contributed by atoms with Crippen LogP contribution in [0.1, 0.15) is 43.5 Å². The van der Waals surface area contributed by atoms with Gasteiger partial charge in [0.15, 0.2) is 0 Å². The monoisotopic (exact) mass is 253 g/mol. The number of rotatable bonds is 1. The quantitative estimate of drug-likeness (QED) is 0.717. The minimum Gasteiger partial charge on any atom is -0.361 e. The zero-order chi connectivity index (χ0) is 13.6. The molecule has 2 unspecified atom stereocenters. The Balaban J connectivity index is 2.19. The van der Waals surface area contributed by atoms with Gasteiger partial charge in [0.1, 0.15) is 0 Å². The Morgan fingerprint density at radius 2 is 2.05 bits per heavy atom. The Labute approximate surface area is 116 Å². The highest BCUT2D eigenvalue weighted by atomic mass is 15.2. The summed E-state index contributed by atoms with van der Waals surface area (Å²) in [7, 11) is 0. The summed E-state index contributed by atoms with van der Waals surface area (Å²) >= 11 is 0. The fraction of sp³-hybridized carbons (Fsp3) is 0.444. The molecule has 2 aliphatic rings. The molecule has 0 radical (unpaired) electrons. The first-order valence-electron chi connectivity index (χ1n) is 7.26. The van der Waals surface area contributed by atoms with Crippen LogP contribution in [-0.2, 0) is 6.42 Å². The fourth-order valence-corrected chi connectivity index (χ4v) is 3.52. The standard InChI is InChI=1S/C18H23N/c1-13(2)18(4)12-15-9-7-8-14(3)17(15)16-10-5-6-11-19(16)18/h5-11,13,16H,12H2,1-4H3. The molecule has 1 aromatic carbocycles. The van der Waals surface area contributed by atoms with Crippen LogP contribution >= 0.6 is 0 Å². The summed E-state index contributed by atoms with van der Waals surface area (Å²) in [5, 5.41) is 0. The lowest BCUT2D eigenvalue weighted by Gasteiger charge is -2.53. The molecule has 0 fully saturated rings. The molecule has 1 aromatic rings. The number of aryl methyl sites for hydroxylation is 1. The predicted octanol–water partition coefficient (Wildman–Crippen LogP) is 4.39. The minimum atomic E-state index is 0.201. The molecule has 3 rings (SSSR count). The van der Waals surface area contributed by atoms with Crippen molar-refractivity contribution in [1.29, 1.82) is 0 Å². The van der Waals surface area contributed by atoms with E-state index in [1.165, 1.54) is 16.7 Å². The van der Waals surface area contributed by atoms with Crippen LogP contribution in [0.5, 0.6) is 0 Å². The van der Waals surface area contributed by atoms with Crippen LogP contribution in [0.15, 0.2) is 42.6 Å². The number of fused-ring (bicyclic) bond motifs is 3. The van der Waals surface area contributed by atoms with E-state index >= 15 is 0 Å². The zero-order valence-electron chi connectivity index (χ0n) is 12.4. The second-order valence-electron chi connectivity index (χ2n) is 6.41. The summed E-state index contributed by atoms with van der Waals surface area (Å²) in [6, 6.07) is 7.16.